The lowest BCUT2D eigenvalue weighted by molar-refractivity contribution is -0.124. The number of rotatable bonds is 9. The number of carbonyl (C=O) groups excluding carboxylic acids is 1. The van der Waals surface area contributed by atoms with Crippen LogP contribution in [-0.2, 0) is 28.0 Å². The molecule has 3 aromatic rings. The Morgan fingerprint density at radius 3 is 2.53 bits per heavy atom. The lowest BCUT2D eigenvalue weighted by Crippen LogP contribution is -2.28. The first-order chi connectivity index (χ1) is 14.4. The number of aromatic nitrogens is 2. The minimum absolute atomic E-state index is 0.0437. The van der Waals surface area contributed by atoms with E-state index >= 15 is 0 Å². The number of amides is 1. The molecule has 1 amide bonds. The van der Waals surface area contributed by atoms with Crippen LogP contribution in [0.5, 0.6) is 5.75 Å². The Morgan fingerprint density at radius 1 is 1.10 bits per heavy atom. The highest BCUT2D eigenvalue weighted by Gasteiger charge is 2.13. The maximum absolute atomic E-state index is 11.8. The van der Waals surface area contributed by atoms with Gasteiger partial charge in [0.1, 0.15) is 18.2 Å². The van der Waals surface area contributed by atoms with Crippen molar-refractivity contribution in [2.75, 3.05) is 20.3 Å². The van der Waals surface area contributed by atoms with E-state index in [1.807, 2.05) is 30.3 Å². The Morgan fingerprint density at radius 2 is 1.83 bits per heavy atom. The fraction of sp³-hybridized carbons (Fsp3) is 0.417. The van der Waals surface area contributed by atoms with Crippen LogP contribution in [0.3, 0.4) is 0 Å². The van der Waals surface area contributed by atoms with E-state index in [4.69, 9.17) is 9.47 Å². The third-order valence-electron chi connectivity index (χ3n) is 4.97. The van der Waals surface area contributed by atoms with Gasteiger partial charge < -0.3 is 19.4 Å². The summed E-state index contributed by atoms with van der Waals surface area (Å²) in [4.78, 5) is 16.4. The van der Waals surface area contributed by atoms with Crippen LogP contribution < -0.4 is 10.1 Å². The smallest absolute Gasteiger partial charge is 0.246 e. The third kappa shape index (κ3) is 5.60. The normalized spacial score (nSPS) is 11.6. The second-order valence-corrected chi connectivity index (χ2v) is 8.35. The number of hydrogen-bond donors (Lipinski definition) is 1. The Kier molecular flexibility index (Phi) is 7.11. The van der Waals surface area contributed by atoms with Gasteiger partial charge in [0.2, 0.25) is 5.91 Å². The number of carbonyl (C=O) groups is 1. The predicted molar refractivity (Wildman–Crippen MR) is 119 cm³/mol. The number of fused-ring (bicyclic) bond motifs is 1. The van der Waals surface area contributed by atoms with Crippen molar-refractivity contribution >= 4 is 16.9 Å². The van der Waals surface area contributed by atoms with Crippen molar-refractivity contribution in [3.63, 3.8) is 0 Å². The van der Waals surface area contributed by atoms with Gasteiger partial charge >= 0.3 is 0 Å². The van der Waals surface area contributed by atoms with Crippen molar-refractivity contribution in [1.29, 1.82) is 0 Å². The van der Waals surface area contributed by atoms with Crippen LogP contribution in [0.2, 0.25) is 0 Å². The molecule has 3 rings (SSSR count). The molecule has 0 fully saturated rings. The van der Waals surface area contributed by atoms with E-state index in [0.29, 0.717) is 13.2 Å². The number of nitrogens with one attached hydrogen (secondary N) is 1. The quantitative estimate of drug-likeness (QED) is 0.541. The van der Waals surface area contributed by atoms with Gasteiger partial charge in [0.05, 0.1) is 24.2 Å². The lowest BCUT2D eigenvalue weighted by Gasteiger charge is -2.19. The lowest BCUT2D eigenvalue weighted by atomic mass is 9.87. The highest BCUT2D eigenvalue weighted by Crippen LogP contribution is 2.24. The van der Waals surface area contributed by atoms with Gasteiger partial charge in [-0.15, -0.1) is 0 Å². The molecule has 0 bridgehead atoms. The Bertz CT molecular complexity index is 972. The average molecular weight is 410 g/mol. The van der Waals surface area contributed by atoms with Gasteiger partial charge in [-0.2, -0.15) is 0 Å². The zero-order valence-electron chi connectivity index (χ0n) is 18.3. The number of hydrogen-bond acceptors (Lipinski definition) is 4. The van der Waals surface area contributed by atoms with Gasteiger partial charge in [-0.1, -0.05) is 45.0 Å². The van der Waals surface area contributed by atoms with Gasteiger partial charge in [0.25, 0.3) is 0 Å². The van der Waals surface area contributed by atoms with Gasteiger partial charge in [0.15, 0.2) is 0 Å². The molecular formula is C24H31N3O3. The number of imidazole rings is 1. The molecule has 0 aliphatic rings. The molecule has 30 heavy (non-hydrogen) atoms. The minimum Gasteiger partial charge on any atom is -0.494 e. The summed E-state index contributed by atoms with van der Waals surface area (Å²) >= 11 is 0. The van der Waals surface area contributed by atoms with E-state index < -0.39 is 0 Å². The first kappa shape index (κ1) is 21.8. The van der Waals surface area contributed by atoms with Crippen LogP contribution >= 0.6 is 0 Å². The predicted octanol–water partition coefficient (Wildman–Crippen LogP) is 4.07. The largest absolute Gasteiger partial charge is 0.494 e. The average Bonchev–Trinajstić information content (AvgIpc) is 3.07. The van der Waals surface area contributed by atoms with Crippen LogP contribution in [0, 0.1) is 0 Å². The molecule has 1 heterocycles. The molecule has 0 aliphatic carbocycles. The SMILES string of the molecule is COCC(=O)NCc1nc2ccccc2n1CCCOc1ccc(C(C)(C)C)cc1. The maximum Gasteiger partial charge on any atom is 0.246 e. The first-order valence-corrected chi connectivity index (χ1v) is 10.3. The summed E-state index contributed by atoms with van der Waals surface area (Å²) < 4.78 is 13.0. The number of ether oxygens (including phenoxy) is 2. The second-order valence-electron chi connectivity index (χ2n) is 8.35. The topological polar surface area (TPSA) is 65.4 Å². The molecule has 0 saturated carbocycles. The van der Waals surface area contributed by atoms with E-state index in [1.165, 1.54) is 12.7 Å². The Labute approximate surface area is 178 Å². The van der Waals surface area contributed by atoms with E-state index in [1.54, 1.807) is 0 Å². The fourth-order valence-corrected chi connectivity index (χ4v) is 3.33. The molecule has 0 spiro atoms. The van der Waals surface area contributed by atoms with E-state index in [0.717, 1.165) is 35.6 Å². The number of methoxy groups -OCH3 is 1. The van der Waals surface area contributed by atoms with Crippen LogP contribution in [-0.4, -0.2) is 35.8 Å². The van der Waals surface area contributed by atoms with Gasteiger partial charge in [-0.05, 0) is 41.7 Å². The van der Waals surface area contributed by atoms with E-state index in [2.05, 4.69) is 53.8 Å². The monoisotopic (exact) mass is 409 g/mol. The van der Waals surface area contributed by atoms with Crippen molar-refractivity contribution in [1.82, 2.24) is 14.9 Å². The highest BCUT2D eigenvalue weighted by molar-refractivity contribution is 5.78. The van der Waals surface area contributed by atoms with E-state index in [-0.39, 0.29) is 17.9 Å². The standard InChI is InChI=1S/C24H31N3O3/c1-24(2,3)18-10-12-19(13-11-18)30-15-7-14-27-21-9-6-5-8-20(21)26-22(27)16-25-23(28)17-29-4/h5-6,8-13H,7,14-17H2,1-4H3,(H,25,28). The summed E-state index contributed by atoms with van der Waals surface area (Å²) in [7, 11) is 1.51. The molecule has 160 valence electrons. The number of aryl methyl sites for hydroxylation is 1. The van der Waals surface area contributed by atoms with Gasteiger partial charge in [-0.25, -0.2) is 4.98 Å². The van der Waals surface area contributed by atoms with Gasteiger partial charge in [-0.3, -0.25) is 4.79 Å². The Hall–Kier alpha value is -2.86. The maximum atomic E-state index is 11.8. The molecule has 6 nitrogen and oxygen atoms in total. The van der Waals surface area contributed by atoms with Crippen molar-refractivity contribution in [2.45, 2.75) is 45.7 Å². The summed E-state index contributed by atoms with van der Waals surface area (Å²) in [6, 6.07) is 16.3. The van der Waals surface area contributed by atoms with Crippen LogP contribution in [0.15, 0.2) is 48.5 Å². The molecule has 0 aliphatic heterocycles. The van der Waals surface area contributed by atoms with Crippen LogP contribution in [0.1, 0.15) is 38.6 Å². The minimum atomic E-state index is -0.154. The van der Waals surface area contributed by atoms with Crippen LogP contribution in [0.4, 0.5) is 0 Å². The van der Waals surface area contributed by atoms with Crippen molar-refractivity contribution in [3.05, 3.63) is 59.9 Å². The molecule has 0 unspecified atom stereocenters. The zero-order chi connectivity index (χ0) is 21.6. The summed E-state index contributed by atoms with van der Waals surface area (Å²) in [5, 5.41) is 2.86. The number of nitrogens with zero attached hydrogens (tertiary/aromatic N) is 2. The van der Waals surface area contributed by atoms with Crippen LogP contribution in [0.25, 0.3) is 11.0 Å². The summed E-state index contributed by atoms with van der Waals surface area (Å²) in [6.07, 6.45) is 0.834. The first-order valence-electron chi connectivity index (χ1n) is 10.3. The second kappa shape index (κ2) is 9.76. The molecule has 1 aromatic heterocycles. The molecular weight excluding hydrogens is 378 g/mol. The summed E-state index contributed by atoms with van der Waals surface area (Å²) in [5.74, 6) is 1.55. The zero-order valence-corrected chi connectivity index (χ0v) is 18.3. The molecule has 0 atom stereocenters. The molecule has 2 aromatic carbocycles. The number of para-hydroxylation sites is 2. The number of benzene rings is 2. The van der Waals surface area contributed by atoms with Crippen molar-refractivity contribution in [2.24, 2.45) is 0 Å². The van der Waals surface area contributed by atoms with E-state index in [9.17, 15) is 4.79 Å². The van der Waals surface area contributed by atoms with Gasteiger partial charge in [0, 0.05) is 13.7 Å². The van der Waals surface area contributed by atoms with Crippen molar-refractivity contribution < 1.29 is 14.3 Å². The molecule has 0 radical (unpaired) electrons. The Balaban J connectivity index is 1.60. The molecule has 0 saturated heterocycles. The fourth-order valence-electron chi connectivity index (χ4n) is 3.33. The summed E-state index contributed by atoms with van der Waals surface area (Å²) in [6.45, 7) is 8.38. The molecule has 6 heteroatoms. The molecule has 1 N–H and O–H groups in total. The third-order valence-corrected chi connectivity index (χ3v) is 4.97. The summed E-state index contributed by atoms with van der Waals surface area (Å²) in [5.41, 5.74) is 3.41. The van der Waals surface area contributed by atoms with Crippen molar-refractivity contribution in [3.8, 4) is 5.75 Å². The highest BCUT2D eigenvalue weighted by atomic mass is 16.5.